The van der Waals surface area contributed by atoms with Crippen LogP contribution in [0.3, 0.4) is 0 Å². The number of benzene rings is 1. The maximum Gasteiger partial charge on any atom is 0.403 e. The van der Waals surface area contributed by atoms with Crippen LogP contribution in [0.15, 0.2) is 24.3 Å². The van der Waals surface area contributed by atoms with Gasteiger partial charge in [0.15, 0.2) is 0 Å². The van der Waals surface area contributed by atoms with Crippen molar-refractivity contribution in [1.29, 1.82) is 0 Å². The van der Waals surface area contributed by atoms with Crippen molar-refractivity contribution in [3.63, 3.8) is 0 Å². The third kappa shape index (κ3) is 3.37. The molecule has 0 aliphatic heterocycles. The molecule has 0 aliphatic rings. The fourth-order valence-corrected chi connectivity index (χ4v) is 1.51. The van der Waals surface area contributed by atoms with Crippen LogP contribution in [0.25, 0.3) is 0 Å². The summed E-state index contributed by atoms with van der Waals surface area (Å²) in [6.07, 6.45) is -6.43. The molecule has 1 aromatic carbocycles. The fraction of sp³-hybridized carbons (Fsp3) is 0.400. The zero-order valence-electron chi connectivity index (χ0n) is 8.21. The largest absolute Gasteiger partial charge is 0.403 e. The van der Waals surface area contributed by atoms with E-state index >= 15 is 0 Å². The summed E-state index contributed by atoms with van der Waals surface area (Å²) in [7, 11) is 0. The van der Waals surface area contributed by atoms with Crippen molar-refractivity contribution < 1.29 is 18.3 Å². The molecule has 0 heterocycles. The lowest BCUT2D eigenvalue weighted by molar-refractivity contribution is -0.153. The minimum atomic E-state index is -4.51. The Labute approximate surface area is 95.8 Å². The number of hydrogen-bond donors (Lipinski definition) is 2. The predicted molar refractivity (Wildman–Crippen MR) is 55.1 cm³/mol. The second-order valence-corrected chi connectivity index (χ2v) is 3.83. The molecule has 0 aromatic heterocycles. The van der Waals surface area contributed by atoms with Crippen molar-refractivity contribution in [2.24, 2.45) is 5.73 Å². The van der Waals surface area contributed by atoms with Gasteiger partial charge in [-0.25, -0.2) is 0 Å². The van der Waals surface area contributed by atoms with E-state index in [0.717, 1.165) is 0 Å². The lowest BCUT2D eigenvalue weighted by Crippen LogP contribution is -2.38. The smallest absolute Gasteiger partial charge is 0.388 e. The van der Waals surface area contributed by atoms with E-state index < -0.39 is 24.7 Å². The van der Waals surface area contributed by atoms with E-state index in [1.54, 1.807) is 12.1 Å². The van der Waals surface area contributed by atoms with Gasteiger partial charge < -0.3 is 10.8 Å². The number of aliphatic hydroxyl groups excluding tert-OH is 1. The average Bonchev–Trinajstić information content (AvgIpc) is 2.16. The Bertz CT molecular complexity index is 356. The van der Waals surface area contributed by atoms with Gasteiger partial charge in [-0.3, -0.25) is 0 Å². The predicted octanol–water partition coefficient (Wildman–Crippen LogP) is 2.65. The first-order valence-electron chi connectivity index (χ1n) is 4.57. The minimum Gasteiger partial charge on any atom is -0.388 e. The van der Waals surface area contributed by atoms with Gasteiger partial charge in [0.2, 0.25) is 0 Å². The Morgan fingerprint density at radius 1 is 1.31 bits per heavy atom. The van der Waals surface area contributed by atoms with E-state index in [-0.39, 0.29) is 10.6 Å². The molecule has 6 heteroatoms. The standard InChI is InChI=1S/C10H11ClF3NO/c11-7-4-2-1-3-6(7)8(16)5-9(15)10(12,13)14/h1-4,8-9,16H,5,15H2/t8-,9+/m1/s1. The first-order valence-corrected chi connectivity index (χ1v) is 4.95. The summed E-state index contributed by atoms with van der Waals surface area (Å²) in [6, 6.07) is 4.12. The van der Waals surface area contributed by atoms with Crippen molar-refractivity contribution in [3.05, 3.63) is 34.9 Å². The van der Waals surface area contributed by atoms with Crippen LogP contribution >= 0.6 is 11.6 Å². The molecule has 0 spiro atoms. The van der Waals surface area contributed by atoms with Gasteiger partial charge in [0.1, 0.15) is 6.04 Å². The summed E-state index contributed by atoms with van der Waals surface area (Å²) >= 11 is 5.73. The van der Waals surface area contributed by atoms with Crippen molar-refractivity contribution >= 4 is 11.6 Å². The van der Waals surface area contributed by atoms with Crippen LogP contribution in [-0.4, -0.2) is 17.3 Å². The highest BCUT2D eigenvalue weighted by molar-refractivity contribution is 6.31. The van der Waals surface area contributed by atoms with E-state index in [2.05, 4.69) is 0 Å². The summed E-state index contributed by atoms with van der Waals surface area (Å²) in [5, 5.41) is 9.80. The van der Waals surface area contributed by atoms with Crippen LogP contribution in [0.2, 0.25) is 5.02 Å². The normalized spacial score (nSPS) is 15.9. The summed E-state index contributed by atoms with van der Waals surface area (Å²) in [6.45, 7) is 0. The minimum absolute atomic E-state index is 0.226. The number of alkyl halides is 3. The van der Waals surface area contributed by atoms with Crippen molar-refractivity contribution in [2.75, 3.05) is 0 Å². The van der Waals surface area contributed by atoms with E-state index in [0.29, 0.717) is 0 Å². The van der Waals surface area contributed by atoms with Crippen molar-refractivity contribution in [2.45, 2.75) is 24.7 Å². The zero-order valence-corrected chi connectivity index (χ0v) is 8.96. The van der Waals surface area contributed by atoms with Crippen LogP contribution in [0.4, 0.5) is 13.2 Å². The molecule has 0 bridgehead atoms. The third-order valence-corrected chi connectivity index (χ3v) is 2.51. The monoisotopic (exact) mass is 253 g/mol. The van der Waals surface area contributed by atoms with Gasteiger partial charge in [-0.05, 0) is 11.6 Å². The maximum atomic E-state index is 12.2. The molecule has 0 aliphatic carbocycles. The molecule has 0 saturated carbocycles. The van der Waals surface area contributed by atoms with E-state index in [9.17, 15) is 18.3 Å². The second kappa shape index (κ2) is 5.03. The number of aliphatic hydroxyl groups is 1. The number of rotatable bonds is 3. The first-order chi connectivity index (χ1) is 7.32. The molecule has 0 amide bonds. The lowest BCUT2D eigenvalue weighted by atomic mass is 10.0. The summed E-state index contributed by atoms with van der Waals surface area (Å²) in [5.74, 6) is 0. The molecule has 0 radical (unpaired) electrons. The van der Waals surface area contributed by atoms with Gasteiger partial charge in [-0.2, -0.15) is 13.2 Å². The quantitative estimate of drug-likeness (QED) is 0.870. The Kier molecular flexibility index (Phi) is 4.18. The van der Waals surface area contributed by atoms with Crippen LogP contribution in [0.1, 0.15) is 18.1 Å². The lowest BCUT2D eigenvalue weighted by Gasteiger charge is -2.19. The molecule has 1 aromatic rings. The molecule has 3 N–H and O–H groups in total. The average molecular weight is 254 g/mol. The maximum absolute atomic E-state index is 12.2. The van der Waals surface area contributed by atoms with Gasteiger partial charge >= 0.3 is 6.18 Å². The van der Waals surface area contributed by atoms with Gasteiger partial charge in [0.25, 0.3) is 0 Å². The molecular weight excluding hydrogens is 243 g/mol. The van der Waals surface area contributed by atoms with Crippen LogP contribution in [0.5, 0.6) is 0 Å². The highest BCUT2D eigenvalue weighted by Gasteiger charge is 2.38. The molecule has 0 saturated heterocycles. The Hall–Kier alpha value is -0.780. The van der Waals surface area contributed by atoms with Crippen molar-refractivity contribution in [1.82, 2.24) is 0 Å². The van der Waals surface area contributed by atoms with Gasteiger partial charge in [-0.15, -0.1) is 0 Å². The van der Waals surface area contributed by atoms with Gasteiger partial charge in [0.05, 0.1) is 6.10 Å². The number of halogens is 4. The molecule has 16 heavy (non-hydrogen) atoms. The number of hydrogen-bond acceptors (Lipinski definition) is 2. The zero-order chi connectivity index (χ0) is 12.3. The van der Waals surface area contributed by atoms with Gasteiger partial charge in [0, 0.05) is 11.4 Å². The summed E-state index contributed by atoms with van der Waals surface area (Å²) < 4.78 is 36.5. The molecule has 0 unspecified atom stereocenters. The molecule has 1 rings (SSSR count). The first kappa shape index (κ1) is 13.3. The van der Waals surface area contributed by atoms with E-state index in [1.807, 2.05) is 0 Å². The van der Waals surface area contributed by atoms with Crippen LogP contribution in [0, 0.1) is 0 Å². The molecule has 2 nitrogen and oxygen atoms in total. The highest BCUT2D eigenvalue weighted by atomic mass is 35.5. The Morgan fingerprint density at radius 2 is 1.88 bits per heavy atom. The molecule has 0 fully saturated rings. The highest BCUT2D eigenvalue weighted by Crippen LogP contribution is 2.29. The fourth-order valence-electron chi connectivity index (χ4n) is 1.25. The topological polar surface area (TPSA) is 46.2 Å². The second-order valence-electron chi connectivity index (χ2n) is 3.42. The summed E-state index contributed by atoms with van der Waals surface area (Å²) in [5.41, 5.74) is 5.16. The molecule has 90 valence electrons. The third-order valence-electron chi connectivity index (χ3n) is 2.16. The van der Waals surface area contributed by atoms with Gasteiger partial charge in [-0.1, -0.05) is 29.8 Å². The summed E-state index contributed by atoms with van der Waals surface area (Å²) in [4.78, 5) is 0. The van der Waals surface area contributed by atoms with E-state index in [4.69, 9.17) is 17.3 Å². The SMILES string of the molecule is N[C@@H](C[C@@H](O)c1ccccc1Cl)C(F)(F)F. The van der Waals surface area contributed by atoms with Crippen LogP contribution < -0.4 is 5.73 Å². The Morgan fingerprint density at radius 3 is 2.38 bits per heavy atom. The van der Waals surface area contributed by atoms with Crippen molar-refractivity contribution in [3.8, 4) is 0 Å². The Balaban J connectivity index is 2.73. The van der Waals surface area contributed by atoms with E-state index in [1.165, 1.54) is 12.1 Å². The number of nitrogens with two attached hydrogens (primary N) is 1. The molecular formula is C10H11ClF3NO. The van der Waals surface area contributed by atoms with Crippen LogP contribution in [-0.2, 0) is 0 Å². The molecule has 2 atom stereocenters.